The van der Waals surface area contributed by atoms with Crippen LogP contribution in [0.1, 0.15) is 16.8 Å². The Morgan fingerprint density at radius 3 is 2.58 bits per heavy atom. The van der Waals surface area contributed by atoms with Crippen LogP contribution in [0.4, 0.5) is 18.9 Å². The van der Waals surface area contributed by atoms with Gasteiger partial charge in [-0.25, -0.2) is 23.1 Å². The molecule has 4 aromatic rings. The Kier molecular flexibility index (Phi) is 10.0. The number of H-pyrrole nitrogens is 1. The number of nitrogens with one attached hydrogen (secondary N) is 2. The summed E-state index contributed by atoms with van der Waals surface area (Å²) in [5.41, 5.74) is 0.913. The van der Waals surface area contributed by atoms with Crippen LogP contribution in [0.25, 0.3) is 11.0 Å². The molecule has 0 saturated carbocycles. The van der Waals surface area contributed by atoms with Gasteiger partial charge in [-0.1, -0.05) is 5.92 Å². The first-order valence-corrected chi connectivity index (χ1v) is 10.1. The molecule has 0 fully saturated rings. The molecule has 0 aliphatic carbocycles. The fourth-order valence-electron chi connectivity index (χ4n) is 3.06. The Balaban J connectivity index is 0.00000109. The second-order valence-electron chi connectivity index (χ2n) is 6.64. The van der Waals surface area contributed by atoms with Crippen molar-refractivity contribution in [1.29, 1.82) is 0 Å². The van der Waals surface area contributed by atoms with Crippen LogP contribution in [-0.2, 0) is 17.9 Å². The van der Waals surface area contributed by atoms with E-state index < -0.39 is 24.1 Å². The lowest BCUT2D eigenvalue weighted by Gasteiger charge is -2.14. The van der Waals surface area contributed by atoms with Crippen molar-refractivity contribution in [3.63, 3.8) is 0 Å². The summed E-state index contributed by atoms with van der Waals surface area (Å²) in [5, 5.41) is 9.97. The van der Waals surface area contributed by atoms with Crippen LogP contribution in [0.2, 0.25) is 0 Å². The van der Waals surface area contributed by atoms with E-state index in [-0.39, 0.29) is 29.4 Å². The quantitative estimate of drug-likeness (QED) is 0.285. The number of halogens is 3. The van der Waals surface area contributed by atoms with Crippen molar-refractivity contribution >= 4 is 23.5 Å². The Morgan fingerprint density at radius 1 is 1.14 bits per heavy atom. The normalized spacial score (nSPS) is 9.75. The van der Waals surface area contributed by atoms with Crippen molar-refractivity contribution in [3.8, 4) is 24.0 Å². The van der Waals surface area contributed by atoms with Gasteiger partial charge in [0.05, 0.1) is 36.1 Å². The maximum Gasteiger partial charge on any atom is 0.218 e. The Morgan fingerprint density at radius 2 is 1.89 bits per heavy atom. The maximum atomic E-state index is 15.0. The molecule has 0 aliphatic rings. The second-order valence-corrected chi connectivity index (χ2v) is 6.64. The van der Waals surface area contributed by atoms with Gasteiger partial charge < -0.3 is 19.6 Å². The predicted molar refractivity (Wildman–Crippen MR) is 129 cm³/mol. The summed E-state index contributed by atoms with van der Waals surface area (Å²) in [5.74, 6) is 0.718. The lowest BCUT2D eigenvalue weighted by atomic mass is 10.1. The molecule has 0 amide bonds. The van der Waals surface area contributed by atoms with Crippen LogP contribution in [0.3, 0.4) is 0 Å². The minimum Gasteiger partial charge on any atom is -0.487 e. The third-order valence-corrected chi connectivity index (χ3v) is 4.65. The standard InChI is InChI=1S/C22H16F3N5O2.C2H4.CH2O/c1-3-18-15-7-14(10-27-21(15)30-29-18)32-11-16-17(24)4-5-19(20(16)25)26-8-12-6-13(23)9-28-22(12)31-2;2*1-2/h1,4-7,9-10,26H,8,11H2,2H3,(H,27,29,30);1-2H2;1H2. The molecule has 0 bridgehead atoms. The number of terminal acetylenes is 1. The highest BCUT2D eigenvalue weighted by atomic mass is 19.1. The fraction of sp³-hybridized carbons (Fsp3) is 0.120. The number of methoxy groups -OCH3 is 1. The van der Waals surface area contributed by atoms with Gasteiger partial charge in [-0.2, -0.15) is 5.10 Å². The number of carbonyl (C=O) groups is 1. The molecule has 3 heterocycles. The summed E-state index contributed by atoms with van der Waals surface area (Å²) in [6.07, 6.45) is 7.79. The number of hydrogen-bond donors (Lipinski definition) is 2. The average Bonchev–Trinajstić information content (AvgIpc) is 3.33. The molecule has 0 saturated heterocycles. The highest BCUT2D eigenvalue weighted by molar-refractivity contribution is 5.81. The highest BCUT2D eigenvalue weighted by Gasteiger charge is 2.16. The lowest BCUT2D eigenvalue weighted by molar-refractivity contribution is -0.0980. The van der Waals surface area contributed by atoms with Gasteiger partial charge >= 0.3 is 0 Å². The van der Waals surface area contributed by atoms with Gasteiger partial charge in [0.15, 0.2) is 11.5 Å². The molecule has 0 radical (unpaired) electrons. The van der Waals surface area contributed by atoms with Gasteiger partial charge in [-0.05, 0) is 24.3 Å². The number of pyridine rings is 2. The van der Waals surface area contributed by atoms with E-state index in [4.69, 9.17) is 20.7 Å². The van der Waals surface area contributed by atoms with Crippen molar-refractivity contribution in [3.05, 3.63) is 84.1 Å². The fourth-order valence-corrected chi connectivity index (χ4v) is 3.06. The summed E-state index contributed by atoms with van der Waals surface area (Å²) in [4.78, 5) is 15.9. The number of aromatic nitrogens is 4. The molecular formula is C25H22F3N5O3. The summed E-state index contributed by atoms with van der Waals surface area (Å²) in [6.45, 7) is 7.61. The van der Waals surface area contributed by atoms with Gasteiger partial charge in [0.25, 0.3) is 0 Å². The zero-order chi connectivity index (χ0) is 26.7. The van der Waals surface area contributed by atoms with Gasteiger partial charge in [0.2, 0.25) is 5.88 Å². The summed E-state index contributed by atoms with van der Waals surface area (Å²) < 4.78 is 53.4. The van der Waals surface area contributed by atoms with Crippen molar-refractivity contribution in [2.24, 2.45) is 0 Å². The van der Waals surface area contributed by atoms with Crippen LogP contribution in [-0.4, -0.2) is 34.1 Å². The SMILES string of the molecule is C#Cc1[nH]nc2ncc(OCc3c(F)ccc(NCc4cc(F)cnc4OC)c3F)cc12.C=C.C=O. The first-order valence-electron chi connectivity index (χ1n) is 10.1. The first kappa shape index (κ1) is 27.4. The van der Waals surface area contributed by atoms with Crippen molar-refractivity contribution in [2.75, 3.05) is 12.4 Å². The molecule has 0 unspecified atom stereocenters. The van der Waals surface area contributed by atoms with E-state index in [2.05, 4.69) is 44.6 Å². The number of hydrogen-bond acceptors (Lipinski definition) is 7. The van der Waals surface area contributed by atoms with Crippen molar-refractivity contribution < 1.29 is 27.4 Å². The van der Waals surface area contributed by atoms with E-state index in [1.807, 2.05) is 6.79 Å². The molecule has 8 nitrogen and oxygen atoms in total. The van der Waals surface area contributed by atoms with Crippen molar-refractivity contribution in [2.45, 2.75) is 13.2 Å². The summed E-state index contributed by atoms with van der Waals surface area (Å²) in [6, 6.07) is 5.15. The monoisotopic (exact) mass is 497 g/mol. The molecule has 4 rings (SSSR count). The topological polar surface area (TPSA) is 102 Å². The first-order chi connectivity index (χ1) is 17.5. The number of carbonyl (C=O) groups excluding carboxylic acids is 1. The molecule has 186 valence electrons. The largest absolute Gasteiger partial charge is 0.487 e. The van der Waals surface area contributed by atoms with E-state index in [0.29, 0.717) is 22.3 Å². The van der Waals surface area contributed by atoms with Crippen molar-refractivity contribution in [1.82, 2.24) is 20.2 Å². The molecule has 36 heavy (non-hydrogen) atoms. The zero-order valence-electron chi connectivity index (χ0n) is 19.3. The Bertz CT molecular complexity index is 1370. The smallest absolute Gasteiger partial charge is 0.218 e. The van der Waals surface area contributed by atoms with E-state index in [1.54, 1.807) is 6.07 Å². The highest BCUT2D eigenvalue weighted by Crippen LogP contribution is 2.26. The van der Waals surface area contributed by atoms with Crippen LogP contribution in [0.15, 0.2) is 49.8 Å². The number of aromatic amines is 1. The minimum atomic E-state index is -0.838. The van der Waals surface area contributed by atoms with E-state index >= 15 is 0 Å². The van der Waals surface area contributed by atoms with Crippen LogP contribution in [0, 0.1) is 29.8 Å². The summed E-state index contributed by atoms with van der Waals surface area (Å²) >= 11 is 0. The number of nitrogens with zero attached hydrogens (tertiary/aromatic N) is 3. The predicted octanol–water partition coefficient (Wildman–Crippen LogP) is 4.57. The number of benzene rings is 1. The van der Waals surface area contributed by atoms with Gasteiger partial charge in [0.1, 0.15) is 36.5 Å². The Hall–Kier alpha value is -4.85. The molecular weight excluding hydrogens is 475 g/mol. The summed E-state index contributed by atoms with van der Waals surface area (Å²) in [7, 11) is 1.39. The van der Waals surface area contributed by atoms with Gasteiger partial charge in [-0.3, -0.25) is 5.10 Å². The van der Waals surface area contributed by atoms with E-state index in [0.717, 1.165) is 12.3 Å². The third-order valence-electron chi connectivity index (χ3n) is 4.65. The van der Waals surface area contributed by atoms with Crippen LogP contribution in [0.5, 0.6) is 11.6 Å². The maximum absolute atomic E-state index is 15.0. The average molecular weight is 497 g/mol. The number of anilines is 1. The number of fused-ring (bicyclic) bond motifs is 1. The number of ether oxygens (including phenoxy) is 2. The van der Waals surface area contributed by atoms with Gasteiger partial charge in [-0.15, -0.1) is 19.6 Å². The lowest BCUT2D eigenvalue weighted by Crippen LogP contribution is -2.09. The molecule has 3 aromatic heterocycles. The van der Waals surface area contributed by atoms with Gasteiger partial charge in [0, 0.05) is 12.1 Å². The molecule has 1 aromatic carbocycles. The molecule has 2 N–H and O–H groups in total. The Labute approximate surface area is 205 Å². The van der Waals surface area contributed by atoms with Crippen LogP contribution < -0.4 is 14.8 Å². The van der Waals surface area contributed by atoms with E-state index in [9.17, 15) is 13.2 Å². The van der Waals surface area contributed by atoms with Crippen LogP contribution >= 0.6 is 0 Å². The molecule has 0 atom stereocenters. The second kappa shape index (κ2) is 13.1. The minimum absolute atomic E-state index is 0.00667. The molecule has 0 spiro atoms. The third kappa shape index (κ3) is 6.18. The zero-order valence-corrected chi connectivity index (χ0v) is 19.3. The molecule has 0 aliphatic heterocycles. The van der Waals surface area contributed by atoms with E-state index in [1.165, 1.54) is 25.4 Å². The molecule has 11 heteroatoms. The number of rotatable bonds is 7.